The van der Waals surface area contributed by atoms with Crippen LogP contribution in [-0.4, -0.2) is 22.6 Å². The molecule has 1 amide bonds. The van der Waals surface area contributed by atoms with Crippen LogP contribution in [0.2, 0.25) is 0 Å². The van der Waals surface area contributed by atoms with Crippen molar-refractivity contribution in [3.8, 4) is 0 Å². The van der Waals surface area contributed by atoms with Crippen LogP contribution < -0.4 is 10.6 Å². The van der Waals surface area contributed by atoms with Gasteiger partial charge in [-0.1, -0.05) is 0 Å². The van der Waals surface area contributed by atoms with Crippen LogP contribution in [0.5, 0.6) is 0 Å². The number of carbonyl (C=O) groups excluding carboxylic acids is 1. The molecule has 4 heteroatoms. The monoisotopic (exact) mass is 235 g/mol. The van der Waals surface area contributed by atoms with E-state index in [4.69, 9.17) is 0 Å². The molecule has 2 rings (SSSR count). The summed E-state index contributed by atoms with van der Waals surface area (Å²) in [5, 5.41) is 6.28. The van der Waals surface area contributed by atoms with E-state index in [0.29, 0.717) is 6.54 Å². The summed E-state index contributed by atoms with van der Waals surface area (Å²) in [6, 6.07) is 4.12. The van der Waals surface area contributed by atoms with E-state index < -0.39 is 0 Å². The van der Waals surface area contributed by atoms with Gasteiger partial charge in [0.05, 0.1) is 12.1 Å². The second kappa shape index (κ2) is 4.53. The van der Waals surface area contributed by atoms with Crippen molar-refractivity contribution < 1.29 is 4.79 Å². The maximum Gasteiger partial charge on any atom is 0.240 e. The maximum absolute atomic E-state index is 12.1. The van der Waals surface area contributed by atoms with Crippen molar-refractivity contribution in [3.05, 3.63) is 23.5 Å². The highest BCUT2D eigenvalue weighted by Crippen LogP contribution is 2.18. The minimum Gasteiger partial charge on any atom is -0.350 e. The second-order valence-corrected chi connectivity index (χ2v) is 5.07. The van der Waals surface area contributed by atoms with Gasteiger partial charge in [0.15, 0.2) is 0 Å². The largest absolute Gasteiger partial charge is 0.350 e. The molecule has 1 aromatic heterocycles. The molecule has 1 aliphatic rings. The Morgan fingerprint density at radius 2 is 2.35 bits per heavy atom. The average molecular weight is 235 g/mol. The third-order valence-electron chi connectivity index (χ3n) is 3.78. The van der Waals surface area contributed by atoms with E-state index >= 15 is 0 Å². The molecule has 1 saturated heterocycles. The molecule has 1 aliphatic heterocycles. The number of hydrogen-bond acceptors (Lipinski definition) is 2. The fourth-order valence-corrected chi connectivity index (χ4v) is 2.30. The first-order valence-electron chi connectivity index (χ1n) is 6.17. The lowest BCUT2D eigenvalue weighted by Crippen LogP contribution is -2.50. The topological polar surface area (TPSA) is 46.1 Å². The van der Waals surface area contributed by atoms with Gasteiger partial charge in [-0.2, -0.15) is 0 Å². The Kier molecular flexibility index (Phi) is 3.24. The van der Waals surface area contributed by atoms with Crippen molar-refractivity contribution in [1.29, 1.82) is 0 Å². The SMILES string of the molecule is Cc1ccc(CNC(=O)C2(C)CCCN2)n1C. The third kappa shape index (κ3) is 2.36. The Morgan fingerprint density at radius 3 is 2.88 bits per heavy atom. The molecule has 1 fully saturated rings. The Hall–Kier alpha value is -1.29. The third-order valence-corrected chi connectivity index (χ3v) is 3.78. The Balaban J connectivity index is 1.94. The van der Waals surface area contributed by atoms with Crippen LogP contribution in [0, 0.1) is 6.92 Å². The summed E-state index contributed by atoms with van der Waals surface area (Å²) in [5.41, 5.74) is 1.97. The minimum absolute atomic E-state index is 0.105. The second-order valence-electron chi connectivity index (χ2n) is 5.07. The fraction of sp³-hybridized carbons (Fsp3) is 0.615. The molecular formula is C13H21N3O. The lowest BCUT2D eigenvalue weighted by atomic mass is 9.99. The predicted molar refractivity (Wildman–Crippen MR) is 67.6 cm³/mol. The number of amides is 1. The fourth-order valence-electron chi connectivity index (χ4n) is 2.30. The number of nitrogens with one attached hydrogen (secondary N) is 2. The minimum atomic E-state index is -0.375. The smallest absolute Gasteiger partial charge is 0.240 e. The molecular weight excluding hydrogens is 214 g/mol. The van der Waals surface area contributed by atoms with Crippen LogP contribution in [0.4, 0.5) is 0 Å². The van der Waals surface area contributed by atoms with Crippen LogP contribution in [0.1, 0.15) is 31.2 Å². The summed E-state index contributed by atoms with van der Waals surface area (Å²) in [7, 11) is 2.02. The molecule has 0 spiro atoms. The Bertz CT molecular complexity index is 416. The Labute approximate surface area is 102 Å². The summed E-state index contributed by atoms with van der Waals surface area (Å²) in [4.78, 5) is 12.1. The molecule has 0 radical (unpaired) electrons. The first kappa shape index (κ1) is 12.2. The Morgan fingerprint density at radius 1 is 1.59 bits per heavy atom. The molecule has 17 heavy (non-hydrogen) atoms. The van der Waals surface area contributed by atoms with Gasteiger partial charge < -0.3 is 15.2 Å². The van der Waals surface area contributed by atoms with Crippen LogP contribution in [0.15, 0.2) is 12.1 Å². The highest BCUT2D eigenvalue weighted by atomic mass is 16.2. The number of carbonyl (C=O) groups is 1. The summed E-state index contributed by atoms with van der Waals surface area (Å²) < 4.78 is 2.10. The van der Waals surface area contributed by atoms with Crippen molar-refractivity contribution >= 4 is 5.91 Å². The lowest BCUT2D eigenvalue weighted by molar-refractivity contribution is -0.126. The van der Waals surface area contributed by atoms with E-state index in [1.165, 1.54) is 5.69 Å². The van der Waals surface area contributed by atoms with Crippen molar-refractivity contribution in [2.75, 3.05) is 6.54 Å². The normalized spacial score (nSPS) is 23.9. The van der Waals surface area contributed by atoms with Gasteiger partial charge in [0.1, 0.15) is 0 Å². The molecule has 2 N–H and O–H groups in total. The van der Waals surface area contributed by atoms with Gasteiger partial charge in [0.25, 0.3) is 0 Å². The van der Waals surface area contributed by atoms with Crippen molar-refractivity contribution in [2.24, 2.45) is 7.05 Å². The van der Waals surface area contributed by atoms with E-state index in [9.17, 15) is 4.79 Å². The van der Waals surface area contributed by atoms with Crippen molar-refractivity contribution in [1.82, 2.24) is 15.2 Å². The predicted octanol–water partition coefficient (Wildman–Crippen LogP) is 1.09. The first-order chi connectivity index (χ1) is 8.03. The van der Waals surface area contributed by atoms with Gasteiger partial charge >= 0.3 is 0 Å². The van der Waals surface area contributed by atoms with Crippen LogP contribution in [0.3, 0.4) is 0 Å². The summed E-state index contributed by atoms with van der Waals surface area (Å²) >= 11 is 0. The van der Waals surface area contributed by atoms with Gasteiger partial charge in [0, 0.05) is 18.4 Å². The van der Waals surface area contributed by atoms with E-state index in [1.54, 1.807) is 0 Å². The summed E-state index contributed by atoms with van der Waals surface area (Å²) in [6.07, 6.45) is 2.00. The zero-order valence-corrected chi connectivity index (χ0v) is 10.8. The number of aromatic nitrogens is 1. The molecule has 0 saturated carbocycles. The van der Waals surface area contributed by atoms with Crippen molar-refractivity contribution in [3.63, 3.8) is 0 Å². The van der Waals surface area contributed by atoms with E-state index in [2.05, 4.69) is 34.3 Å². The molecule has 1 aromatic rings. The van der Waals surface area contributed by atoms with Gasteiger partial charge in [-0.15, -0.1) is 0 Å². The quantitative estimate of drug-likeness (QED) is 0.824. The van der Waals surface area contributed by atoms with Gasteiger partial charge in [-0.05, 0) is 45.4 Å². The van der Waals surface area contributed by atoms with E-state index in [1.807, 2.05) is 14.0 Å². The van der Waals surface area contributed by atoms with Crippen LogP contribution >= 0.6 is 0 Å². The first-order valence-corrected chi connectivity index (χ1v) is 6.17. The van der Waals surface area contributed by atoms with E-state index in [-0.39, 0.29) is 11.4 Å². The van der Waals surface area contributed by atoms with E-state index in [0.717, 1.165) is 25.1 Å². The molecule has 4 nitrogen and oxygen atoms in total. The maximum atomic E-state index is 12.1. The molecule has 0 aliphatic carbocycles. The lowest BCUT2D eigenvalue weighted by Gasteiger charge is -2.23. The zero-order chi connectivity index (χ0) is 12.5. The molecule has 0 bridgehead atoms. The molecule has 0 aromatic carbocycles. The number of aryl methyl sites for hydroxylation is 1. The summed E-state index contributed by atoms with van der Waals surface area (Å²) in [6.45, 7) is 5.57. The molecule has 2 heterocycles. The number of nitrogens with zero attached hydrogens (tertiary/aromatic N) is 1. The average Bonchev–Trinajstić information content (AvgIpc) is 2.87. The molecule has 1 atom stereocenters. The molecule has 1 unspecified atom stereocenters. The highest BCUT2D eigenvalue weighted by molar-refractivity contribution is 5.86. The zero-order valence-electron chi connectivity index (χ0n) is 10.8. The summed E-state index contributed by atoms with van der Waals surface area (Å²) in [5.74, 6) is 0.105. The standard InChI is InChI=1S/C13H21N3O/c1-10-5-6-11(16(10)3)9-14-12(17)13(2)7-4-8-15-13/h5-6,15H,4,7-9H2,1-3H3,(H,14,17). The van der Waals surface area contributed by atoms with Crippen molar-refractivity contribution in [2.45, 2.75) is 38.8 Å². The van der Waals surface area contributed by atoms with Gasteiger partial charge in [-0.3, -0.25) is 4.79 Å². The van der Waals surface area contributed by atoms with Gasteiger partial charge in [-0.25, -0.2) is 0 Å². The van der Waals surface area contributed by atoms with Gasteiger partial charge in [0.2, 0.25) is 5.91 Å². The molecule has 94 valence electrons. The highest BCUT2D eigenvalue weighted by Gasteiger charge is 2.35. The van der Waals surface area contributed by atoms with Crippen LogP contribution in [0.25, 0.3) is 0 Å². The number of rotatable bonds is 3. The number of hydrogen-bond donors (Lipinski definition) is 2. The van der Waals surface area contributed by atoms with Crippen LogP contribution in [-0.2, 0) is 18.4 Å².